The molecule has 2 aromatic carbocycles. The third-order valence-corrected chi connectivity index (χ3v) is 8.48. The molecule has 1 N–H and O–H groups in total. The van der Waals surface area contributed by atoms with Gasteiger partial charge in [0.2, 0.25) is 15.7 Å². The quantitative estimate of drug-likeness (QED) is 0.454. The zero-order chi connectivity index (χ0) is 22.7. The van der Waals surface area contributed by atoms with E-state index in [0.717, 1.165) is 23.3 Å². The number of hydrogen-bond donors (Lipinski definition) is 1. The number of methoxy groups -OCH3 is 1. The van der Waals surface area contributed by atoms with Crippen molar-refractivity contribution in [1.82, 2.24) is 0 Å². The fourth-order valence-corrected chi connectivity index (χ4v) is 6.68. The molecule has 1 atom stereocenters. The van der Waals surface area contributed by atoms with Gasteiger partial charge in [0.05, 0.1) is 24.3 Å². The molecule has 0 fully saturated rings. The fourth-order valence-electron chi connectivity index (χ4n) is 3.75. The summed E-state index contributed by atoms with van der Waals surface area (Å²) in [5.74, 6) is 0.779. The van der Waals surface area contributed by atoms with Gasteiger partial charge in [-0.05, 0) is 36.2 Å². The smallest absolute Gasteiger partial charge is 0.225 e. The second kappa shape index (κ2) is 9.34. The SMILES string of the molecule is CCCCOc1cc([C@H]2CC(=O)Nc3c(S(=O)(=O)c4ccccc4)csc32)ccc1OC. The summed E-state index contributed by atoms with van der Waals surface area (Å²) in [4.78, 5) is 13.7. The molecule has 1 aromatic heterocycles. The number of ether oxygens (including phenoxy) is 2. The second-order valence-electron chi connectivity index (χ2n) is 7.57. The van der Waals surface area contributed by atoms with E-state index in [1.54, 1.807) is 42.8 Å². The van der Waals surface area contributed by atoms with Crippen LogP contribution in [0.2, 0.25) is 0 Å². The van der Waals surface area contributed by atoms with Gasteiger partial charge in [0, 0.05) is 22.6 Å². The molecule has 0 bridgehead atoms. The average Bonchev–Trinajstić information content (AvgIpc) is 3.24. The fraction of sp³-hybridized carbons (Fsp3) is 0.292. The molecule has 0 saturated carbocycles. The van der Waals surface area contributed by atoms with E-state index in [1.807, 2.05) is 18.2 Å². The Morgan fingerprint density at radius 1 is 1.12 bits per heavy atom. The van der Waals surface area contributed by atoms with Crippen LogP contribution in [0, 0.1) is 0 Å². The van der Waals surface area contributed by atoms with Crippen molar-refractivity contribution in [1.29, 1.82) is 0 Å². The summed E-state index contributed by atoms with van der Waals surface area (Å²) in [6.07, 6.45) is 2.18. The maximum Gasteiger partial charge on any atom is 0.225 e. The lowest BCUT2D eigenvalue weighted by Gasteiger charge is -2.24. The normalized spacial score (nSPS) is 15.7. The molecule has 1 aliphatic heterocycles. The predicted molar refractivity (Wildman–Crippen MR) is 125 cm³/mol. The van der Waals surface area contributed by atoms with Gasteiger partial charge in [-0.3, -0.25) is 4.79 Å². The van der Waals surface area contributed by atoms with Crippen molar-refractivity contribution >= 4 is 32.8 Å². The number of sulfone groups is 1. The van der Waals surface area contributed by atoms with Gasteiger partial charge in [0.25, 0.3) is 0 Å². The van der Waals surface area contributed by atoms with E-state index in [2.05, 4.69) is 12.2 Å². The van der Waals surface area contributed by atoms with Crippen molar-refractivity contribution in [3.05, 3.63) is 64.4 Å². The van der Waals surface area contributed by atoms with Crippen LogP contribution in [0.5, 0.6) is 11.5 Å². The molecule has 0 saturated heterocycles. The average molecular weight is 472 g/mol. The number of fused-ring (bicyclic) bond motifs is 1. The number of thiophene rings is 1. The van der Waals surface area contributed by atoms with Crippen LogP contribution in [0.25, 0.3) is 0 Å². The molecule has 0 unspecified atom stereocenters. The van der Waals surface area contributed by atoms with Crippen molar-refractivity contribution in [3.8, 4) is 11.5 Å². The molecular formula is C24H25NO5S2. The third kappa shape index (κ3) is 4.25. The Morgan fingerprint density at radius 2 is 1.91 bits per heavy atom. The maximum absolute atomic E-state index is 13.2. The molecule has 0 spiro atoms. The Bertz CT molecular complexity index is 1220. The Morgan fingerprint density at radius 3 is 2.62 bits per heavy atom. The molecule has 8 heteroatoms. The van der Waals surface area contributed by atoms with E-state index in [9.17, 15) is 13.2 Å². The molecule has 0 radical (unpaired) electrons. The summed E-state index contributed by atoms with van der Waals surface area (Å²) >= 11 is 1.35. The monoisotopic (exact) mass is 471 g/mol. The van der Waals surface area contributed by atoms with E-state index >= 15 is 0 Å². The van der Waals surface area contributed by atoms with Crippen LogP contribution in [-0.2, 0) is 14.6 Å². The van der Waals surface area contributed by atoms with Crippen LogP contribution in [0.3, 0.4) is 0 Å². The standard InChI is InChI=1S/C24H25NO5S2/c1-3-4-12-30-20-13-16(10-11-19(20)29-2)18-14-22(26)25-23-21(15-31-24(18)23)32(27,28)17-8-6-5-7-9-17/h5-11,13,15,18H,3-4,12,14H2,1-2H3,(H,25,26)/t18-/m1/s1. The number of carbonyl (C=O) groups is 1. The van der Waals surface area contributed by atoms with Crippen molar-refractivity contribution in [2.24, 2.45) is 0 Å². The van der Waals surface area contributed by atoms with Crippen LogP contribution < -0.4 is 14.8 Å². The first-order chi connectivity index (χ1) is 15.5. The van der Waals surface area contributed by atoms with Crippen molar-refractivity contribution in [3.63, 3.8) is 0 Å². The van der Waals surface area contributed by atoms with Gasteiger partial charge in [-0.15, -0.1) is 11.3 Å². The van der Waals surface area contributed by atoms with E-state index < -0.39 is 9.84 Å². The van der Waals surface area contributed by atoms with Gasteiger partial charge in [0.15, 0.2) is 11.5 Å². The molecule has 2 heterocycles. The summed E-state index contributed by atoms with van der Waals surface area (Å²) in [6.45, 7) is 2.67. The lowest BCUT2D eigenvalue weighted by atomic mass is 9.90. The number of unbranched alkanes of at least 4 members (excludes halogenated alkanes) is 1. The van der Waals surface area contributed by atoms with E-state index in [4.69, 9.17) is 9.47 Å². The lowest BCUT2D eigenvalue weighted by Crippen LogP contribution is -2.23. The van der Waals surface area contributed by atoms with E-state index in [-0.39, 0.29) is 28.0 Å². The number of anilines is 1. The lowest BCUT2D eigenvalue weighted by molar-refractivity contribution is -0.116. The van der Waals surface area contributed by atoms with Crippen molar-refractivity contribution < 1.29 is 22.7 Å². The predicted octanol–water partition coefficient (Wildman–Crippen LogP) is 5.24. The number of carbonyl (C=O) groups excluding carboxylic acids is 1. The van der Waals surface area contributed by atoms with Gasteiger partial charge in [-0.2, -0.15) is 0 Å². The number of hydrogen-bond acceptors (Lipinski definition) is 6. The van der Waals surface area contributed by atoms with Gasteiger partial charge in [0.1, 0.15) is 4.90 Å². The highest BCUT2D eigenvalue weighted by atomic mass is 32.2. The van der Waals surface area contributed by atoms with Crippen molar-refractivity contribution in [2.75, 3.05) is 19.0 Å². The maximum atomic E-state index is 13.2. The zero-order valence-electron chi connectivity index (χ0n) is 18.0. The summed E-state index contributed by atoms with van der Waals surface area (Å²) in [6, 6.07) is 13.9. The summed E-state index contributed by atoms with van der Waals surface area (Å²) in [5.41, 5.74) is 1.27. The Balaban J connectivity index is 1.74. The van der Waals surface area contributed by atoms with Crippen LogP contribution in [0.15, 0.2) is 63.7 Å². The third-order valence-electron chi connectivity index (χ3n) is 5.44. The Labute approximate surface area is 192 Å². The summed E-state index contributed by atoms with van der Waals surface area (Å²) in [5, 5.41) is 4.42. The number of benzene rings is 2. The van der Waals surface area contributed by atoms with Crippen LogP contribution in [0.4, 0.5) is 5.69 Å². The first kappa shape index (κ1) is 22.4. The van der Waals surface area contributed by atoms with Crippen LogP contribution in [-0.4, -0.2) is 28.0 Å². The van der Waals surface area contributed by atoms with Crippen molar-refractivity contribution in [2.45, 2.75) is 41.9 Å². The molecule has 32 heavy (non-hydrogen) atoms. The zero-order valence-corrected chi connectivity index (χ0v) is 19.6. The van der Waals surface area contributed by atoms with Gasteiger partial charge >= 0.3 is 0 Å². The first-order valence-electron chi connectivity index (χ1n) is 10.5. The molecule has 6 nitrogen and oxygen atoms in total. The molecule has 1 aliphatic rings. The number of rotatable bonds is 8. The highest BCUT2D eigenvalue weighted by Gasteiger charge is 2.34. The van der Waals surface area contributed by atoms with Gasteiger partial charge in [-0.1, -0.05) is 37.6 Å². The Kier molecular flexibility index (Phi) is 6.53. The molecule has 168 valence electrons. The molecule has 4 rings (SSSR count). The highest BCUT2D eigenvalue weighted by molar-refractivity contribution is 7.91. The molecular weight excluding hydrogens is 446 g/mol. The minimum Gasteiger partial charge on any atom is -0.493 e. The number of amides is 1. The van der Waals surface area contributed by atoms with Gasteiger partial charge in [-0.25, -0.2) is 8.42 Å². The largest absolute Gasteiger partial charge is 0.493 e. The summed E-state index contributed by atoms with van der Waals surface area (Å²) < 4.78 is 37.8. The van der Waals surface area contributed by atoms with E-state index in [1.165, 1.54) is 11.3 Å². The van der Waals surface area contributed by atoms with Crippen LogP contribution >= 0.6 is 11.3 Å². The minimum atomic E-state index is -3.75. The van der Waals surface area contributed by atoms with Crippen LogP contribution in [0.1, 0.15) is 42.5 Å². The topological polar surface area (TPSA) is 81.7 Å². The molecule has 3 aromatic rings. The first-order valence-corrected chi connectivity index (χ1v) is 12.8. The molecule has 0 aliphatic carbocycles. The minimum absolute atomic E-state index is 0.134. The van der Waals surface area contributed by atoms with Gasteiger partial charge < -0.3 is 14.8 Å². The Hall–Kier alpha value is -2.84. The molecule has 1 amide bonds. The van der Waals surface area contributed by atoms with E-state index in [0.29, 0.717) is 23.8 Å². The number of nitrogens with one attached hydrogen (secondary N) is 1. The highest BCUT2D eigenvalue weighted by Crippen LogP contribution is 2.47. The second-order valence-corrected chi connectivity index (χ2v) is 10.4. The summed E-state index contributed by atoms with van der Waals surface area (Å²) in [7, 11) is -2.16.